The van der Waals surface area contributed by atoms with Gasteiger partial charge in [0.15, 0.2) is 0 Å². The van der Waals surface area contributed by atoms with Gasteiger partial charge in [-0.1, -0.05) is 11.6 Å². The van der Waals surface area contributed by atoms with Crippen LogP contribution >= 0.6 is 59.4 Å². The van der Waals surface area contributed by atoms with Crippen molar-refractivity contribution in [1.29, 1.82) is 0 Å². The standard InChI is InChI=1S/C7H4Br3Cl/c1-3-2-4(8)7(11)6(10)5(3)9/h2H,1H3. The van der Waals surface area contributed by atoms with Crippen LogP contribution in [0.4, 0.5) is 0 Å². The van der Waals surface area contributed by atoms with E-state index >= 15 is 0 Å². The Morgan fingerprint density at radius 2 is 1.73 bits per heavy atom. The molecule has 0 fully saturated rings. The summed E-state index contributed by atoms with van der Waals surface area (Å²) in [5.74, 6) is 0. The van der Waals surface area contributed by atoms with E-state index in [-0.39, 0.29) is 0 Å². The summed E-state index contributed by atoms with van der Waals surface area (Å²) in [7, 11) is 0. The molecule has 0 amide bonds. The van der Waals surface area contributed by atoms with Crippen LogP contribution in [0.3, 0.4) is 0 Å². The van der Waals surface area contributed by atoms with Gasteiger partial charge in [0, 0.05) is 8.95 Å². The molecule has 0 atom stereocenters. The van der Waals surface area contributed by atoms with E-state index in [0.29, 0.717) is 5.02 Å². The summed E-state index contributed by atoms with van der Waals surface area (Å²) in [6.45, 7) is 2.01. The average Bonchev–Trinajstić information content (AvgIpc) is 1.97. The summed E-state index contributed by atoms with van der Waals surface area (Å²) in [6, 6.07) is 1.97. The van der Waals surface area contributed by atoms with E-state index in [4.69, 9.17) is 11.6 Å². The van der Waals surface area contributed by atoms with Crippen LogP contribution in [0.25, 0.3) is 0 Å². The molecule has 0 nitrogen and oxygen atoms in total. The number of hydrogen-bond donors (Lipinski definition) is 0. The highest BCUT2D eigenvalue weighted by atomic mass is 79.9. The van der Waals surface area contributed by atoms with Gasteiger partial charge < -0.3 is 0 Å². The highest BCUT2D eigenvalue weighted by Crippen LogP contribution is 2.38. The van der Waals surface area contributed by atoms with E-state index in [1.807, 2.05) is 13.0 Å². The second-order valence-electron chi connectivity index (χ2n) is 2.12. The molecule has 0 heterocycles. The predicted octanol–water partition coefficient (Wildman–Crippen LogP) is 4.94. The van der Waals surface area contributed by atoms with Crippen LogP contribution in [-0.4, -0.2) is 0 Å². The van der Waals surface area contributed by atoms with Crippen LogP contribution in [-0.2, 0) is 0 Å². The highest BCUT2D eigenvalue weighted by molar-refractivity contribution is 9.13. The van der Waals surface area contributed by atoms with Gasteiger partial charge in [-0.2, -0.15) is 0 Å². The van der Waals surface area contributed by atoms with Gasteiger partial charge in [0.05, 0.1) is 9.50 Å². The summed E-state index contributed by atoms with van der Waals surface area (Å²) in [6.07, 6.45) is 0. The number of benzene rings is 1. The summed E-state index contributed by atoms with van der Waals surface area (Å²) in [5.41, 5.74) is 1.15. The maximum absolute atomic E-state index is 5.93. The largest absolute Gasteiger partial charge is 0.0818 e. The van der Waals surface area contributed by atoms with E-state index in [0.717, 1.165) is 19.0 Å². The first kappa shape index (κ1) is 10.0. The first-order valence-electron chi connectivity index (χ1n) is 2.83. The highest BCUT2D eigenvalue weighted by Gasteiger charge is 2.08. The number of aryl methyl sites for hydroxylation is 1. The molecule has 1 rings (SSSR count). The van der Waals surface area contributed by atoms with Crippen molar-refractivity contribution in [2.45, 2.75) is 6.92 Å². The maximum Gasteiger partial charge on any atom is 0.0701 e. The number of rotatable bonds is 0. The lowest BCUT2D eigenvalue weighted by Gasteiger charge is -2.04. The van der Waals surface area contributed by atoms with Crippen molar-refractivity contribution < 1.29 is 0 Å². The molecule has 1 aromatic rings. The predicted molar refractivity (Wildman–Crippen MR) is 59.3 cm³/mol. The molecule has 0 saturated heterocycles. The van der Waals surface area contributed by atoms with Crippen molar-refractivity contribution in [2.24, 2.45) is 0 Å². The van der Waals surface area contributed by atoms with E-state index < -0.39 is 0 Å². The SMILES string of the molecule is Cc1cc(Br)c(Cl)c(Br)c1Br. The third-order valence-electron chi connectivity index (χ3n) is 1.28. The van der Waals surface area contributed by atoms with E-state index in [1.54, 1.807) is 0 Å². The van der Waals surface area contributed by atoms with Crippen molar-refractivity contribution in [3.63, 3.8) is 0 Å². The normalized spacial score (nSPS) is 10.3. The second kappa shape index (κ2) is 3.77. The third kappa shape index (κ3) is 2.00. The minimum Gasteiger partial charge on any atom is -0.0818 e. The Morgan fingerprint density at radius 1 is 1.18 bits per heavy atom. The summed E-state index contributed by atoms with van der Waals surface area (Å²) in [4.78, 5) is 0. The van der Waals surface area contributed by atoms with E-state index in [2.05, 4.69) is 47.8 Å². The monoisotopic (exact) mass is 360 g/mol. The summed E-state index contributed by atoms with van der Waals surface area (Å²) in [5, 5.41) is 0.697. The molecule has 60 valence electrons. The van der Waals surface area contributed by atoms with Gasteiger partial charge >= 0.3 is 0 Å². The van der Waals surface area contributed by atoms with Gasteiger partial charge in [-0.3, -0.25) is 0 Å². The van der Waals surface area contributed by atoms with Crippen LogP contribution < -0.4 is 0 Å². The lowest BCUT2D eigenvalue weighted by atomic mass is 10.2. The quantitative estimate of drug-likeness (QED) is 0.453. The lowest BCUT2D eigenvalue weighted by molar-refractivity contribution is 1.39. The van der Waals surface area contributed by atoms with E-state index in [1.165, 1.54) is 0 Å². The van der Waals surface area contributed by atoms with Gasteiger partial charge in [-0.15, -0.1) is 0 Å². The van der Waals surface area contributed by atoms with E-state index in [9.17, 15) is 0 Å². The lowest BCUT2D eigenvalue weighted by Crippen LogP contribution is -1.80. The zero-order valence-corrected chi connectivity index (χ0v) is 11.1. The molecule has 4 heteroatoms. The molecule has 0 radical (unpaired) electrons. The molecule has 1 aromatic carbocycles. The minimum absolute atomic E-state index is 0.697. The molecule has 0 aromatic heterocycles. The van der Waals surface area contributed by atoms with Crippen LogP contribution in [0.1, 0.15) is 5.56 Å². The topological polar surface area (TPSA) is 0 Å². The van der Waals surface area contributed by atoms with Gasteiger partial charge in [0.25, 0.3) is 0 Å². The second-order valence-corrected chi connectivity index (χ2v) is 4.94. The molecule has 0 spiro atoms. The molecule has 0 N–H and O–H groups in total. The Labute approximate surface area is 95.7 Å². The smallest absolute Gasteiger partial charge is 0.0701 e. The maximum atomic E-state index is 5.93. The molecular weight excluding hydrogens is 359 g/mol. The number of hydrogen-bond acceptors (Lipinski definition) is 0. The van der Waals surface area contributed by atoms with Crippen LogP contribution in [0.2, 0.25) is 5.02 Å². The molecule has 11 heavy (non-hydrogen) atoms. The molecule has 0 aliphatic heterocycles. The fourth-order valence-corrected chi connectivity index (χ4v) is 2.60. The van der Waals surface area contributed by atoms with Crippen LogP contribution in [0.5, 0.6) is 0 Å². The Hall–Kier alpha value is 0.950. The molecule has 0 unspecified atom stereocenters. The van der Waals surface area contributed by atoms with Crippen LogP contribution in [0.15, 0.2) is 19.5 Å². The number of halogens is 4. The van der Waals surface area contributed by atoms with Gasteiger partial charge in [-0.05, 0) is 66.3 Å². The van der Waals surface area contributed by atoms with Crippen molar-refractivity contribution in [1.82, 2.24) is 0 Å². The van der Waals surface area contributed by atoms with Gasteiger partial charge in [0.1, 0.15) is 0 Å². The van der Waals surface area contributed by atoms with Gasteiger partial charge in [-0.25, -0.2) is 0 Å². The minimum atomic E-state index is 0.697. The molecule has 0 aliphatic rings. The molecule has 0 saturated carbocycles. The molecule has 0 aliphatic carbocycles. The zero-order valence-electron chi connectivity index (χ0n) is 5.59. The first-order chi connectivity index (χ1) is 5.04. The Morgan fingerprint density at radius 3 is 2.27 bits per heavy atom. The Bertz CT molecular complexity index is 270. The summed E-state index contributed by atoms with van der Waals surface area (Å²) < 4.78 is 2.81. The van der Waals surface area contributed by atoms with Gasteiger partial charge in [0.2, 0.25) is 0 Å². The Balaban J connectivity index is 3.46. The third-order valence-corrected chi connectivity index (χ3v) is 5.11. The van der Waals surface area contributed by atoms with Crippen molar-refractivity contribution in [3.05, 3.63) is 30.1 Å². The van der Waals surface area contributed by atoms with Crippen LogP contribution in [0, 0.1) is 6.92 Å². The average molecular weight is 363 g/mol. The molecule has 0 bridgehead atoms. The van der Waals surface area contributed by atoms with Crippen molar-refractivity contribution in [3.8, 4) is 0 Å². The fraction of sp³-hybridized carbons (Fsp3) is 0.143. The molecular formula is C7H4Br3Cl. The van der Waals surface area contributed by atoms with Crippen molar-refractivity contribution >= 4 is 59.4 Å². The fourth-order valence-electron chi connectivity index (χ4n) is 0.691. The first-order valence-corrected chi connectivity index (χ1v) is 5.59. The van der Waals surface area contributed by atoms with Crippen molar-refractivity contribution in [2.75, 3.05) is 0 Å². The zero-order chi connectivity index (χ0) is 8.59. The summed E-state index contributed by atoms with van der Waals surface area (Å²) >= 11 is 16.1. The Kier molecular flexibility index (Phi) is 3.44.